The first-order valence-electron chi connectivity index (χ1n) is 3.55. The summed E-state index contributed by atoms with van der Waals surface area (Å²) in [4.78, 5) is 11.1. The molecule has 0 N–H and O–H groups in total. The van der Waals surface area contributed by atoms with Gasteiger partial charge in [-0.15, -0.1) is 6.58 Å². The van der Waals surface area contributed by atoms with Crippen LogP contribution in [0.4, 0.5) is 0 Å². The molecule has 0 aliphatic rings. The summed E-state index contributed by atoms with van der Waals surface area (Å²) in [5.41, 5.74) is 0.0138. The number of aromatic nitrogens is 1. The van der Waals surface area contributed by atoms with E-state index in [4.69, 9.17) is 0 Å². The second-order valence-electron chi connectivity index (χ2n) is 2.42. The van der Waals surface area contributed by atoms with Gasteiger partial charge in [-0.2, -0.15) is 0 Å². The van der Waals surface area contributed by atoms with Gasteiger partial charge < -0.3 is 4.57 Å². The van der Waals surface area contributed by atoms with Crippen molar-refractivity contribution >= 4 is 0 Å². The molecule has 0 saturated heterocycles. The van der Waals surface area contributed by atoms with Crippen LogP contribution in [-0.4, -0.2) is 4.57 Å². The number of rotatable bonds is 2. The zero-order valence-electron chi connectivity index (χ0n) is 6.53. The van der Waals surface area contributed by atoms with E-state index >= 15 is 0 Å². The standard InChI is InChI=1S/C9H11NO/c1-3-8(2)10-7-5-4-6-9(10)11/h3-8H,1H2,2H3/t8-/m1/s1. The number of hydrogen-bond acceptors (Lipinski definition) is 1. The van der Waals surface area contributed by atoms with Crippen LogP contribution < -0.4 is 5.56 Å². The highest BCUT2D eigenvalue weighted by atomic mass is 16.1. The zero-order chi connectivity index (χ0) is 8.27. The SMILES string of the molecule is C=C[C@@H](C)n1ccccc1=O. The predicted octanol–water partition coefficient (Wildman–Crippen LogP) is 1.60. The van der Waals surface area contributed by atoms with Gasteiger partial charge in [0.25, 0.3) is 5.56 Å². The average molecular weight is 149 g/mol. The van der Waals surface area contributed by atoms with Gasteiger partial charge in [0, 0.05) is 12.3 Å². The van der Waals surface area contributed by atoms with E-state index in [1.165, 1.54) is 0 Å². The van der Waals surface area contributed by atoms with Gasteiger partial charge in [-0.05, 0) is 13.0 Å². The minimum Gasteiger partial charge on any atom is -0.309 e. The lowest BCUT2D eigenvalue weighted by Crippen LogP contribution is -2.19. The van der Waals surface area contributed by atoms with Crippen molar-refractivity contribution in [2.75, 3.05) is 0 Å². The van der Waals surface area contributed by atoms with Crippen LogP contribution in [0.3, 0.4) is 0 Å². The third-order valence-corrected chi connectivity index (χ3v) is 1.63. The van der Waals surface area contributed by atoms with Crippen molar-refractivity contribution in [3.05, 3.63) is 47.4 Å². The number of nitrogens with zero attached hydrogens (tertiary/aromatic N) is 1. The van der Waals surface area contributed by atoms with Crippen LogP contribution in [-0.2, 0) is 0 Å². The molecule has 1 aromatic heterocycles. The molecule has 0 spiro atoms. The summed E-state index contributed by atoms with van der Waals surface area (Å²) in [7, 11) is 0. The fraction of sp³-hybridized carbons (Fsp3) is 0.222. The normalized spacial score (nSPS) is 12.5. The lowest BCUT2D eigenvalue weighted by atomic mass is 10.3. The summed E-state index contributed by atoms with van der Waals surface area (Å²) in [5.74, 6) is 0. The van der Waals surface area contributed by atoms with Crippen molar-refractivity contribution in [1.82, 2.24) is 4.57 Å². The van der Waals surface area contributed by atoms with Crippen LogP contribution >= 0.6 is 0 Å². The van der Waals surface area contributed by atoms with E-state index < -0.39 is 0 Å². The molecule has 0 saturated carbocycles. The Labute approximate surface area is 65.8 Å². The Morgan fingerprint density at radius 3 is 2.91 bits per heavy atom. The molecule has 1 rings (SSSR count). The van der Waals surface area contributed by atoms with Crippen molar-refractivity contribution < 1.29 is 0 Å². The smallest absolute Gasteiger partial charge is 0.251 e. The van der Waals surface area contributed by atoms with Gasteiger partial charge in [0.1, 0.15) is 0 Å². The maximum atomic E-state index is 11.1. The van der Waals surface area contributed by atoms with Gasteiger partial charge in [-0.25, -0.2) is 0 Å². The van der Waals surface area contributed by atoms with Crippen LogP contribution in [0, 0.1) is 0 Å². The molecule has 58 valence electrons. The summed E-state index contributed by atoms with van der Waals surface area (Å²) in [6.07, 6.45) is 3.50. The highest BCUT2D eigenvalue weighted by Crippen LogP contribution is 2.00. The van der Waals surface area contributed by atoms with Crippen LogP contribution in [0.5, 0.6) is 0 Å². The Morgan fingerprint density at radius 2 is 2.36 bits per heavy atom. The minimum absolute atomic E-state index is 0.0138. The van der Waals surface area contributed by atoms with Crippen LogP contribution in [0.25, 0.3) is 0 Å². The van der Waals surface area contributed by atoms with E-state index in [9.17, 15) is 4.79 Å². The molecule has 1 aromatic rings. The van der Waals surface area contributed by atoms with Gasteiger partial charge in [0.2, 0.25) is 0 Å². The molecule has 1 heterocycles. The molecule has 0 fully saturated rings. The molecule has 0 aromatic carbocycles. The molecule has 2 heteroatoms. The van der Waals surface area contributed by atoms with E-state index in [0.717, 1.165) is 0 Å². The Kier molecular flexibility index (Phi) is 2.26. The fourth-order valence-electron chi connectivity index (χ4n) is 0.890. The number of allylic oxidation sites excluding steroid dienone is 1. The highest BCUT2D eigenvalue weighted by molar-refractivity contribution is 4.97. The molecule has 11 heavy (non-hydrogen) atoms. The largest absolute Gasteiger partial charge is 0.309 e. The lowest BCUT2D eigenvalue weighted by Gasteiger charge is -2.08. The highest BCUT2D eigenvalue weighted by Gasteiger charge is 1.98. The summed E-state index contributed by atoms with van der Waals surface area (Å²) < 4.78 is 1.63. The fourth-order valence-corrected chi connectivity index (χ4v) is 0.890. The Balaban J connectivity index is 3.13. The van der Waals surface area contributed by atoms with E-state index in [-0.39, 0.29) is 11.6 Å². The monoisotopic (exact) mass is 149 g/mol. The lowest BCUT2D eigenvalue weighted by molar-refractivity contribution is 0.635. The first kappa shape index (κ1) is 7.79. The molecule has 0 aliphatic carbocycles. The van der Waals surface area contributed by atoms with Crippen LogP contribution in [0.15, 0.2) is 41.8 Å². The quantitative estimate of drug-likeness (QED) is 0.585. The van der Waals surface area contributed by atoms with E-state index in [1.807, 2.05) is 13.0 Å². The van der Waals surface area contributed by atoms with Gasteiger partial charge in [-0.3, -0.25) is 4.79 Å². The first-order chi connectivity index (χ1) is 5.25. The van der Waals surface area contributed by atoms with E-state index in [2.05, 4.69) is 6.58 Å². The average Bonchev–Trinajstić information content (AvgIpc) is 2.04. The molecule has 0 bridgehead atoms. The first-order valence-corrected chi connectivity index (χ1v) is 3.55. The van der Waals surface area contributed by atoms with Gasteiger partial charge >= 0.3 is 0 Å². The molecular formula is C9H11NO. The Morgan fingerprint density at radius 1 is 1.64 bits per heavy atom. The van der Waals surface area contributed by atoms with Gasteiger partial charge in [0.15, 0.2) is 0 Å². The maximum Gasteiger partial charge on any atom is 0.251 e. The van der Waals surface area contributed by atoms with Gasteiger partial charge in [0.05, 0.1) is 6.04 Å². The maximum absolute atomic E-state index is 11.1. The van der Waals surface area contributed by atoms with Crippen molar-refractivity contribution in [1.29, 1.82) is 0 Å². The van der Waals surface area contributed by atoms with E-state index in [0.29, 0.717) is 0 Å². The summed E-state index contributed by atoms with van der Waals surface area (Å²) in [5, 5.41) is 0. The van der Waals surface area contributed by atoms with Crippen LogP contribution in [0.1, 0.15) is 13.0 Å². The van der Waals surface area contributed by atoms with E-state index in [1.54, 1.807) is 29.0 Å². The molecular weight excluding hydrogens is 138 g/mol. The second kappa shape index (κ2) is 3.19. The van der Waals surface area contributed by atoms with Crippen LogP contribution in [0.2, 0.25) is 0 Å². The number of hydrogen-bond donors (Lipinski definition) is 0. The van der Waals surface area contributed by atoms with Crippen molar-refractivity contribution in [3.63, 3.8) is 0 Å². The molecule has 2 nitrogen and oxygen atoms in total. The molecule has 0 unspecified atom stereocenters. The molecule has 0 aliphatic heterocycles. The van der Waals surface area contributed by atoms with Gasteiger partial charge in [-0.1, -0.05) is 12.1 Å². The Bertz CT molecular complexity index is 300. The predicted molar refractivity (Wildman–Crippen MR) is 45.6 cm³/mol. The number of pyridine rings is 1. The molecule has 0 radical (unpaired) electrons. The topological polar surface area (TPSA) is 22.0 Å². The third-order valence-electron chi connectivity index (χ3n) is 1.63. The minimum atomic E-state index is 0.0138. The van der Waals surface area contributed by atoms with Crippen molar-refractivity contribution in [3.8, 4) is 0 Å². The zero-order valence-corrected chi connectivity index (χ0v) is 6.53. The summed E-state index contributed by atoms with van der Waals surface area (Å²) in [6.45, 7) is 5.54. The van der Waals surface area contributed by atoms with Crippen molar-refractivity contribution in [2.45, 2.75) is 13.0 Å². The second-order valence-corrected chi connectivity index (χ2v) is 2.42. The Hall–Kier alpha value is -1.31. The third kappa shape index (κ3) is 1.58. The molecule has 1 atom stereocenters. The summed E-state index contributed by atoms with van der Waals surface area (Å²) in [6, 6.07) is 5.18. The summed E-state index contributed by atoms with van der Waals surface area (Å²) >= 11 is 0. The molecule has 0 amide bonds. The van der Waals surface area contributed by atoms with Crippen molar-refractivity contribution in [2.24, 2.45) is 0 Å².